The molecule has 12 nitrogen and oxygen atoms in total. The normalized spacial score (nSPS) is 22.1. The van der Waals surface area contributed by atoms with Crippen LogP contribution in [0.5, 0.6) is 0 Å². The van der Waals surface area contributed by atoms with Gasteiger partial charge in [0.1, 0.15) is 36.6 Å². The lowest BCUT2D eigenvalue weighted by Crippen LogP contribution is -2.64. The number of phosphoric acid groups is 1. The van der Waals surface area contributed by atoms with Gasteiger partial charge in [0.25, 0.3) is 0 Å². The van der Waals surface area contributed by atoms with Crippen LogP contribution in [0.25, 0.3) is 0 Å². The minimum atomic E-state index is -5.06. The number of unbranched alkanes of at least 4 members (excludes halogenated alkanes) is 35. The predicted octanol–water partition coefficient (Wildman–Crippen LogP) is 11.4. The predicted molar refractivity (Wildman–Crippen MR) is 260 cm³/mol. The summed E-state index contributed by atoms with van der Waals surface area (Å²) >= 11 is 0. The molecule has 1 aliphatic rings. The second kappa shape index (κ2) is 41.3. The highest BCUT2D eigenvalue weighted by molar-refractivity contribution is 7.47. The molecule has 8 N–H and O–H groups in total. The molecule has 0 bridgehead atoms. The smallest absolute Gasteiger partial charge is 0.391 e. The third-order valence-electron chi connectivity index (χ3n) is 13.4. The largest absolute Gasteiger partial charge is 0.472 e. The highest BCUT2D eigenvalue weighted by Gasteiger charge is 2.51. The first kappa shape index (κ1) is 61.4. The number of rotatable bonds is 46. The zero-order valence-corrected chi connectivity index (χ0v) is 42.0. The van der Waals surface area contributed by atoms with Crippen molar-refractivity contribution in [1.82, 2.24) is 5.32 Å². The van der Waals surface area contributed by atoms with Crippen molar-refractivity contribution in [3.8, 4) is 0 Å². The SMILES string of the molecule is CCCCCCCCCCCCCCCCCCCCCCC(=O)N[C@@H](COP(=O)(O)OC1C(O)C(O)C(O)[C@@H](O)C1O)[C@H](O)CCCCCCCCCCCCCCCCCCC. The molecule has 0 aliphatic heterocycles. The average molecular weight is 936 g/mol. The molecule has 6 unspecified atom stereocenters. The zero-order chi connectivity index (χ0) is 47.1. The van der Waals surface area contributed by atoms with Crippen LogP contribution in [-0.2, 0) is 18.4 Å². The lowest BCUT2D eigenvalue weighted by Gasteiger charge is -2.41. The lowest BCUT2D eigenvalue weighted by molar-refractivity contribution is -0.220. The number of hydrogen-bond donors (Lipinski definition) is 8. The molecule has 382 valence electrons. The molecular weight excluding hydrogens is 834 g/mol. The summed E-state index contributed by atoms with van der Waals surface area (Å²) in [4.78, 5) is 23.5. The van der Waals surface area contributed by atoms with E-state index in [9.17, 15) is 44.9 Å². The van der Waals surface area contributed by atoms with Gasteiger partial charge in [0, 0.05) is 6.42 Å². The van der Waals surface area contributed by atoms with Crippen molar-refractivity contribution in [2.75, 3.05) is 6.61 Å². The molecule has 9 atom stereocenters. The van der Waals surface area contributed by atoms with E-state index >= 15 is 0 Å². The Balaban J connectivity index is 2.37. The van der Waals surface area contributed by atoms with Gasteiger partial charge < -0.3 is 40.8 Å². The topological polar surface area (TPSA) is 206 Å². The van der Waals surface area contributed by atoms with Crippen LogP contribution in [0.1, 0.15) is 264 Å². The Morgan fingerprint density at radius 1 is 0.469 bits per heavy atom. The standard InChI is InChI=1S/C51H102NO11P/c1-3-5-7-9-11-13-15-17-19-21-22-23-25-27-29-31-33-35-37-39-41-45(54)52-43(42-62-64(60,61)63-51-49(58)47(56)46(55)48(57)50(51)59)44(53)40-38-36-34-32-30-28-26-24-20-18-16-14-12-10-8-6-4-2/h43-44,46-51,53,55-59H,3-42H2,1-2H3,(H,52,54)(H,60,61)/t43-,44+,46?,47+,48?,49?,50?,51?/m0/s1. The molecule has 1 amide bonds. The molecule has 0 saturated heterocycles. The number of aliphatic hydroxyl groups is 6. The van der Waals surface area contributed by atoms with Gasteiger partial charge in [-0.15, -0.1) is 0 Å². The molecule has 0 aromatic rings. The summed E-state index contributed by atoms with van der Waals surface area (Å²) in [5.41, 5.74) is 0. The molecule has 1 aliphatic carbocycles. The second-order valence-corrected chi connectivity index (χ2v) is 20.8. The zero-order valence-electron chi connectivity index (χ0n) is 41.1. The summed E-state index contributed by atoms with van der Waals surface area (Å²) in [7, 11) is -5.06. The number of amides is 1. The van der Waals surface area contributed by atoms with Gasteiger partial charge in [-0.25, -0.2) is 4.57 Å². The van der Waals surface area contributed by atoms with Crippen LogP contribution in [0.4, 0.5) is 0 Å². The first-order valence-corrected chi connectivity index (χ1v) is 28.5. The van der Waals surface area contributed by atoms with Crippen molar-refractivity contribution in [2.24, 2.45) is 0 Å². The quantitative estimate of drug-likeness (QED) is 0.0213. The van der Waals surface area contributed by atoms with E-state index in [4.69, 9.17) is 9.05 Å². The van der Waals surface area contributed by atoms with Crippen LogP contribution in [0.3, 0.4) is 0 Å². The number of carbonyl (C=O) groups excluding carboxylic acids is 1. The van der Waals surface area contributed by atoms with Gasteiger partial charge in [-0.1, -0.05) is 245 Å². The first-order valence-electron chi connectivity index (χ1n) is 27.0. The monoisotopic (exact) mass is 936 g/mol. The Morgan fingerprint density at radius 3 is 1.08 bits per heavy atom. The molecule has 0 aromatic carbocycles. The first-order chi connectivity index (χ1) is 30.9. The maximum Gasteiger partial charge on any atom is 0.472 e. The molecule has 0 aromatic heterocycles. The molecular formula is C51H102NO11P. The highest BCUT2D eigenvalue weighted by Crippen LogP contribution is 2.47. The number of carbonyl (C=O) groups is 1. The van der Waals surface area contributed by atoms with E-state index < -0.39 is 63.2 Å². The van der Waals surface area contributed by atoms with Crippen LogP contribution in [0.2, 0.25) is 0 Å². The van der Waals surface area contributed by atoms with E-state index in [1.54, 1.807) is 0 Å². The summed E-state index contributed by atoms with van der Waals surface area (Å²) in [6.07, 6.45) is 34.1. The third-order valence-corrected chi connectivity index (χ3v) is 14.4. The molecule has 13 heteroatoms. The Hall–Kier alpha value is -0.660. The number of aliphatic hydroxyl groups excluding tert-OH is 6. The summed E-state index contributed by atoms with van der Waals surface area (Å²) < 4.78 is 23.1. The fourth-order valence-corrected chi connectivity index (χ4v) is 10.00. The van der Waals surface area contributed by atoms with Crippen LogP contribution in [0.15, 0.2) is 0 Å². The van der Waals surface area contributed by atoms with Gasteiger partial charge in [-0.2, -0.15) is 0 Å². The van der Waals surface area contributed by atoms with E-state index in [0.29, 0.717) is 19.3 Å². The van der Waals surface area contributed by atoms with Crippen LogP contribution >= 0.6 is 7.82 Å². The summed E-state index contributed by atoms with van der Waals surface area (Å²) in [5, 5.41) is 64.4. The summed E-state index contributed by atoms with van der Waals surface area (Å²) in [6.45, 7) is 3.93. The maximum absolute atomic E-state index is 13.0. The van der Waals surface area contributed by atoms with Crippen molar-refractivity contribution < 1.29 is 53.9 Å². The maximum atomic E-state index is 13.0. The van der Waals surface area contributed by atoms with E-state index in [0.717, 1.165) is 38.5 Å². The van der Waals surface area contributed by atoms with E-state index in [1.807, 2.05) is 0 Å². The minimum absolute atomic E-state index is 0.243. The highest BCUT2D eigenvalue weighted by atomic mass is 31.2. The Labute approximate surface area is 391 Å². The van der Waals surface area contributed by atoms with Gasteiger partial charge in [-0.3, -0.25) is 13.8 Å². The Kier molecular flexibility index (Phi) is 39.6. The second-order valence-electron chi connectivity index (χ2n) is 19.4. The van der Waals surface area contributed by atoms with Gasteiger partial charge >= 0.3 is 7.82 Å². The number of hydrogen-bond acceptors (Lipinski definition) is 10. The van der Waals surface area contributed by atoms with Gasteiger partial charge in [0.05, 0.1) is 18.8 Å². The Morgan fingerprint density at radius 2 is 0.750 bits per heavy atom. The minimum Gasteiger partial charge on any atom is -0.391 e. The molecule has 1 fully saturated rings. The number of phosphoric ester groups is 1. The lowest BCUT2D eigenvalue weighted by atomic mass is 9.85. The summed E-state index contributed by atoms with van der Waals surface area (Å²) in [6, 6.07) is -1.03. The van der Waals surface area contributed by atoms with Crippen molar-refractivity contribution in [1.29, 1.82) is 0 Å². The third kappa shape index (κ3) is 32.2. The number of nitrogens with one attached hydrogen (secondary N) is 1. The molecule has 1 rings (SSSR count). The van der Waals surface area contributed by atoms with E-state index in [2.05, 4.69) is 19.2 Å². The molecule has 64 heavy (non-hydrogen) atoms. The fourth-order valence-electron chi connectivity index (χ4n) is 9.03. The van der Waals surface area contributed by atoms with Crippen LogP contribution in [0, 0.1) is 0 Å². The van der Waals surface area contributed by atoms with Crippen molar-refractivity contribution in [3.63, 3.8) is 0 Å². The molecule has 0 spiro atoms. The van der Waals surface area contributed by atoms with Gasteiger partial charge in [0.15, 0.2) is 0 Å². The molecule has 1 saturated carbocycles. The Bertz CT molecular complexity index is 1090. The summed E-state index contributed by atoms with van der Waals surface area (Å²) in [5.74, 6) is -0.301. The van der Waals surface area contributed by atoms with E-state index in [-0.39, 0.29) is 12.3 Å². The van der Waals surface area contributed by atoms with Gasteiger partial charge in [0.2, 0.25) is 5.91 Å². The van der Waals surface area contributed by atoms with Crippen LogP contribution in [-0.4, -0.2) is 96.8 Å². The average Bonchev–Trinajstić information content (AvgIpc) is 3.28. The van der Waals surface area contributed by atoms with Crippen molar-refractivity contribution >= 4 is 13.7 Å². The van der Waals surface area contributed by atoms with Crippen molar-refractivity contribution in [2.45, 2.75) is 313 Å². The van der Waals surface area contributed by atoms with E-state index in [1.165, 1.54) is 186 Å². The van der Waals surface area contributed by atoms with Crippen LogP contribution < -0.4 is 5.32 Å². The van der Waals surface area contributed by atoms with Crippen molar-refractivity contribution in [3.05, 3.63) is 0 Å². The molecule has 0 heterocycles. The fraction of sp³-hybridized carbons (Fsp3) is 0.980. The molecule has 0 radical (unpaired) electrons. The van der Waals surface area contributed by atoms with Gasteiger partial charge in [-0.05, 0) is 12.8 Å².